The Bertz CT molecular complexity index is 139. The predicted molar refractivity (Wildman–Crippen MR) is 43.5 cm³/mol. The zero-order valence-corrected chi connectivity index (χ0v) is 6.43. The van der Waals surface area contributed by atoms with Gasteiger partial charge in [-0.2, -0.15) is 0 Å². The van der Waals surface area contributed by atoms with E-state index in [1.807, 2.05) is 6.92 Å². The van der Waals surface area contributed by atoms with Crippen LogP contribution in [-0.2, 0) is 0 Å². The second kappa shape index (κ2) is 6.38. The van der Waals surface area contributed by atoms with Crippen LogP contribution in [0.1, 0.15) is 26.2 Å². The van der Waals surface area contributed by atoms with E-state index in [1.54, 1.807) is 6.08 Å². The minimum absolute atomic E-state index is 0.460. The maximum absolute atomic E-state index is 9.09. The lowest BCUT2D eigenvalue weighted by atomic mass is 10.2. The normalized spacial score (nSPS) is 11.4. The highest BCUT2D eigenvalue weighted by Gasteiger charge is 1.94. The summed E-state index contributed by atoms with van der Waals surface area (Å²) in [5, 5.41) is 9.09. The van der Waals surface area contributed by atoms with E-state index in [0.29, 0.717) is 6.42 Å². The van der Waals surface area contributed by atoms with Crippen LogP contribution in [0.15, 0.2) is 12.7 Å². The Morgan fingerprint density at radius 2 is 2.40 bits per heavy atom. The van der Waals surface area contributed by atoms with Crippen LogP contribution in [0, 0.1) is 11.8 Å². The highest BCUT2D eigenvalue weighted by Crippen LogP contribution is 1.95. The quantitative estimate of drug-likeness (QED) is 0.465. The summed E-state index contributed by atoms with van der Waals surface area (Å²) in [6.45, 7) is 5.52. The monoisotopic (exact) mass is 138 g/mol. The van der Waals surface area contributed by atoms with Crippen LogP contribution in [0.4, 0.5) is 0 Å². The van der Waals surface area contributed by atoms with E-state index in [2.05, 4.69) is 18.4 Å². The van der Waals surface area contributed by atoms with Crippen molar-refractivity contribution in [1.82, 2.24) is 0 Å². The molecule has 56 valence electrons. The molecular weight excluding hydrogens is 124 g/mol. The fourth-order valence-corrected chi connectivity index (χ4v) is 0.568. The van der Waals surface area contributed by atoms with Gasteiger partial charge in [0.05, 0.1) is 0 Å². The minimum atomic E-state index is -0.460. The number of rotatable bonds is 3. The molecule has 1 nitrogen and oxygen atoms in total. The Morgan fingerprint density at radius 1 is 1.70 bits per heavy atom. The molecule has 0 aromatic heterocycles. The minimum Gasteiger partial charge on any atom is -0.380 e. The molecule has 0 aliphatic rings. The van der Waals surface area contributed by atoms with Crippen molar-refractivity contribution in [3.8, 4) is 11.8 Å². The molecule has 0 radical (unpaired) electrons. The molecule has 0 rings (SSSR count). The van der Waals surface area contributed by atoms with Gasteiger partial charge >= 0.3 is 0 Å². The van der Waals surface area contributed by atoms with Gasteiger partial charge in [0, 0.05) is 6.42 Å². The van der Waals surface area contributed by atoms with Crippen molar-refractivity contribution in [3.05, 3.63) is 12.7 Å². The summed E-state index contributed by atoms with van der Waals surface area (Å²) in [6.07, 6.45) is 3.68. The molecule has 0 saturated heterocycles. The van der Waals surface area contributed by atoms with Gasteiger partial charge < -0.3 is 5.11 Å². The molecule has 0 heterocycles. The first-order chi connectivity index (χ1) is 4.81. The van der Waals surface area contributed by atoms with Gasteiger partial charge in [0.2, 0.25) is 0 Å². The highest BCUT2D eigenvalue weighted by atomic mass is 16.3. The molecule has 0 spiro atoms. The van der Waals surface area contributed by atoms with Crippen LogP contribution in [0.3, 0.4) is 0 Å². The van der Waals surface area contributed by atoms with Crippen LogP contribution < -0.4 is 0 Å². The molecule has 0 saturated carbocycles. The van der Waals surface area contributed by atoms with Crippen molar-refractivity contribution in [1.29, 1.82) is 0 Å². The first-order valence-corrected chi connectivity index (χ1v) is 3.58. The lowest BCUT2D eigenvalue weighted by molar-refractivity contribution is 0.223. The standard InChI is InChI=1S/C9H14O/c1-3-5-7-9(10)8-6-4-2/h3,9-10H,1,4-5,7H2,2H3/t9-/m1/s1. The Kier molecular flexibility index (Phi) is 5.91. The summed E-state index contributed by atoms with van der Waals surface area (Å²) >= 11 is 0. The zero-order valence-electron chi connectivity index (χ0n) is 6.43. The average molecular weight is 138 g/mol. The second-order valence-electron chi connectivity index (χ2n) is 2.06. The summed E-state index contributed by atoms with van der Waals surface area (Å²) in [6, 6.07) is 0. The number of hydrogen-bond donors (Lipinski definition) is 1. The van der Waals surface area contributed by atoms with Gasteiger partial charge in [0.25, 0.3) is 0 Å². The van der Waals surface area contributed by atoms with Crippen LogP contribution >= 0.6 is 0 Å². The van der Waals surface area contributed by atoms with Crippen molar-refractivity contribution in [2.45, 2.75) is 32.3 Å². The first kappa shape index (κ1) is 9.26. The molecule has 0 aromatic rings. The molecule has 10 heavy (non-hydrogen) atoms. The maximum atomic E-state index is 9.09. The number of hydrogen-bond acceptors (Lipinski definition) is 1. The molecule has 0 amide bonds. The second-order valence-corrected chi connectivity index (χ2v) is 2.06. The van der Waals surface area contributed by atoms with E-state index < -0.39 is 6.10 Å². The van der Waals surface area contributed by atoms with E-state index in [0.717, 1.165) is 12.8 Å². The van der Waals surface area contributed by atoms with Gasteiger partial charge in [0.15, 0.2) is 0 Å². The van der Waals surface area contributed by atoms with E-state index in [4.69, 9.17) is 5.11 Å². The fourth-order valence-electron chi connectivity index (χ4n) is 0.568. The van der Waals surface area contributed by atoms with Crippen LogP contribution in [0.2, 0.25) is 0 Å². The Balaban J connectivity index is 3.41. The molecular formula is C9H14O. The largest absolute Gasteiger partial charge is 0.380 e. The number of allylic oxidation sites excluding steroid dienone is 1. The van der Waals surface area contributed by atoms with Gasteiger partial charge in [-0.05, 0) is 12.8 Å². The van der Waals surface area contributed by atoms with E-state index in [1.165, 1.54) is 0 Å². The van der Waals surface area contributed by atoms with Crippen LogP contribution in [-0.4, -0.2) is 11.2 Å². The SMILES string of the molecule is C=CCC[C@@H](O)C#CCC. The summed E-state index contributed by atoms with van der Waals surface area (Å²) in [4.78, 5) is 0. The Hall–Kier alpha value is -0.740. The molecule has 1 N–H and O–H groups in total. The van der Waals surface area contributed by atoms with Gasteiger partial charge in [-0.15, -0.1) is 12.5 Å². The van der Waals surface area contributed by atoms with Crippen molar-refractivity contribution in [2.24, 2.45) is 0 Å². The van der Waals surface area contributed by atoms with Crippen molar-refractivity contribution >= 4 is 0 Å². The molecule has 1 heteroatoms. The van der Waals surface area contributed by atoms with Crippen LogP contribution in [0.5, 0.6) is 0 Å². The topological polar surface area (TPSA) is 20.2 Å². The third-order valence-corrected chi connectivity index (χ3v) is 1.09. The number of aliphatic hydroxyl groups is 1. The summed E-state index contributed by atoms with van der Waals surface area (Å²) in [5.74, 6) is 5.55. The molecule has 0 fully saturated rings. The molecule has 1 atom stereocenters. The van der Waals surface area contributed by atoms with Gasteiger partial charge in [-0.3, -0.25) is 0 Å². The lowest BCUT2D eigenvalue weighted by Crippen LogP contribution is -2.00. The van der Waals surface area contributed by atoms with E-state index >= 15 is 0 Å². The molecule has 0 unspecified atom stereocenters. The molecule has 0 aliphatic heterocycles. The predicted octanol–water partition coefficient (Wildman–Crippen LogP) is 1.73. The molecule has 0 aromatic carbocycles. The third-order valence-electron chi connectivity index (χ3n) is 1.09. The maximum Gasteiger partial charge on any atom is 0.115 e. The smallest absolute Gasteiger partial charge is 0.115 e. The number of aliphatic hydroxyl groups excluding tert-OH is 1. The van der Waals surface area contributed by atoms with Crippen molar-refractivity contribution < 1.29 is 5.11 Å². The highest BCUT2D eigenvalue weighted by molar-refractivity contribution is 5.03. The zero-order chi connectivity index (χ0) is 7.82. The third kappa shape index (κ3) is 5.40. The first-order valence-electron chi connectivity index (χ1n) is 3.58. The molecule has 0 aliphatic carbocycles. The summed E-state index contributed by atoms with van der Waals surface area (Å²) in [5.41, 5.74) is 0. The van der Waals surface area contributed by atoms with Crippen molar-refractivity contribution in [2.75, 3.05) is 0 Å². The fraction of sp³-hybridized carbons (Fsp3) is 0.556. The summed E-state index contributed by atoms with van der Waals surface area (Å²) in [7, 11) is 0. The van der Waals surface area contributed by atoms with Gasteiger partial charge in [-0.1, -0.05) is 18.9 Å². The van der Waals surface area contributed by atoms with Crippen LogP contribution in [0.25, 0.3) is 0 Å². The van der Waals surface area contributed by atoms with E-state index in [-0.39, 0.29) is 0 Å². The molecule has 0 bridgehead atoms. The summed E-state index contributed by atoms with van der Waals surface area (Å²) < 4.78 is 0. The van der Waals surface area contributed by atoms with Gasteiger partial charge in [-0.25, -0.2) is 0 Å². The Labute approximate surface area is 62.8 Å². The van der Waals surface area contributed by atoms with Crippen molar-refractivity contribution in [3.63, 3.8) is 0 Å². The Morgan fingerprint density at radius 3 is 2.90 bits per heavy atom. The lowest BCUT2D eigenvalue weighted by Gasteiger charge is -1.97. The average Bonchev–Trinajstić information content (AvgIpc) is 1.97. The van der Waals surface area contributed by atoms with Gasteiger partial charge in [0.1, 0.15) is 6.10 Å². The van der Waals surface area contributed by atoms with E-state index in [9.17, 15) is 0 Å².